The number of hydrogen-bond donors (Lipinski definition) is 0. The quantitative estimate of drug-likeness (QED) is 0.820. The van der Waals surface area contributed by atoms with Gasteiger partial charge in [-0.2, -0.15) is 0 Å². The Morgan fingerprint density at radius 2 is 1.75 bits per heavy atom. The third-order valence-corrected chi connectivity index (χ3v) is 3.82. The van der Waals surface area contributed by atoms with E-state index in [1.807, 2.05) is 31.9 Å². The summed E-state index contributed by atoms with van der Waals surface area (Å²) in [6, 6.07) is 8.45. The Balaban J connectivity index is 2.35. The first-order chi connectivity index (χ1) is 9.51. The predicted molar refractivity (Wildman–Crippen MR) is 87.7 cm³/mol. The van der Waals surface area contributed by atoms with Crippen LogP contribution in [-0.2, 0) is 6.42 Å². The lowest BCUT2D eigenvalue weighted by atomic mass is 10.1. The standard InChI is InChI=1S/C16H20BrN3/c1-5-6-13-7-8-15(14(17)10-13)20(4)16-18-11(2)9-12(3)19-16/h7-10H,5-6H2,1-4H3. The molecule has 0 radical (unpaired) electrons. The van der Waals surface area contributed by atoms with E-state index in [4.69, 9.17) is 0 Å². The third-order valence-electron chi connectivity index (χ3n) is 3.18. The zero-order valence-electron chi connectivity index (χ0n) is 12.4. The summed E-state index contributed by atoms with van der Waals surface area (Å²) in [6.45, 7) is 6.17. The van der Waals surface area contributed by atoms with Crippen molar-refractivity contribution in [2.45, 2.75) is 33.6 Å². The van der Waals surface area contributed by atoms with E-state index < -0.39 is 0 Å². The smallest absolute Gasteiger partial charge is 0.230 e. The van der Waals surface area contributed by atoms with Crippen LogP contribution in [0, 0.1) is 13.8 Å². The van der Waals surface area contributed by atoms with E-state index in [1.165, 1.54) is 5.56 Å². The van der Waals surface area contributed by atoms with Crippen LogP contribution < -0.4 is 4.90 Å². The predicted octanol–water partition coefficient (Wildman–Crippen LogP) is 4.58. The van der Waals surface area contributed by atoms with Gasteiger partial charge in [0.2, 0.25) is 5.95 Å². The number of aromatic nitrogens is 2. The SMILES string of the molecule is CCCc1ccc(N(C)c2nc(C)cc(C)n2)c(Br)c1. The summed E-state index contributed by atoms with van der Waals surface area (Å²) in [5, 5.41) is 0. The molecule has 1 heterocycles. The molecular weight excluding hydrogens is 314 g/mol. The topological polar surface area (TPSA) is 29.0 Å². The Kier molecular flexibility index (Phi) is 4.76. The molecule has 0 unspecified atom stereocenters. The Morgan fingerprint density at radius 1 is 1.10 bits per heavy atom. The molecule has 0 bridgehead atoms. The van der Waals surface area contributed by atoms with E-state index in [-0.39, 0.29) is 0 Å². The van der Waals surface area contributed by atoms with Gasteiger partial charge in [-0.15, -0.1) is 0 Å². The fourth-order valence-corrected chi connectivity index (χ4v) is 2.92. The normalized spacial score (nSPS) is 10.7. The lowest BCUT2D eigenvalue weighted by Crippen LogP contribution is -2.14. The van der Waals surface area contributed by atoms with Gasteiger partial charge in [0.25, 0.3) is 0 Å². The Bertz CT molecular complexity index is 590. The second-order valence-corrected chi connectivity index (χ2v) is 5.90. The monoisotopic (exact) mass is 333 g/mol. The third kappa shape index (κ3) is 3.37. The zero-order chi connectivity index (χ0) is 14.7. The van der Waals surface area contributed by atoms with Crippen molar-refractivity contribution >= 4 is 27.6 Å². The largest absolute Gasteiger partial charge is 0.312 e. The molecule has 0 N–H and O–H groups in total. The average molecular weight is 334 g/mol. The molecule has 0 atom stereocenters. The van der Waals surface area contributed by atoms with Crippen molar-refractivity contribution in [2.24, 2.45) is 0 Å². The van der Waals surface area contributed by atoms with Gasteiger partial charge < -0.3 is 4.90 Å². The maximum atomic E-state index is 4.50. The molecule has 0 aliphatic carbocycles. The van der Waals surface area contributed by atoms with Gasteiger partial charge in [-0.1, -0.05) is 19.4 Å². The first kappa shape index (κ1) is 15.0. The molecule has 0 saturated heterocycles. The summed E-state index contributed by atoms with van der Waals surface area (Å²) in [4.78, 5) is 11.0. The van der Waals surface area contributed by atoms with E-state index in [0.29, 0.717) is 0 Å². The van der Waals surface area contributed by atoms with Crippen LogP contribution in [0.25, 0.3) is 0 Å². The molecule has 2 aromatic rings. The van der Waals surface area contributed by atoms with Crippen molar-refractivity contribution < 1.29 is 0 Å². The van der Waals surface area contributed by atoms with Gasteiger partial charge in [-0.25, -0.2) is 9.97 Å². The second kappa shape index (κ2) is 6.35. The van der Waals surface area contributed by atoms with Crippen LogP contribution in [0.1, 0.15) is 30.3 Å². The molecular formula is C16H20BrN3. The average Bonchev–Trinajstić information content (AvgIpc) is 2.37. The lowest BCUT2D eigenvalue weighted by Gasteiger charge is -2.20. The zero-order valence-corrected chi connectivity index (χ0v) is 14.0. The van der Waals surface area contributed by atoms with E-state index >= 15 is 0 Å². The molecule has 0 aliphatic heterocycles. The Labute approximate surface area is 129 Å². The lowest BCUT2D eigenvalue weighted by molar-refractivity contribution is 0.919. The summed E-state index contributed by atoms with van der Waals surface area (Å²) in [7, 11) is 1.99. The van der Waals surface area contributed by atoms with Crippen LogP contribution in [0.4, 0.5) is 11.6 Å². The summed E-state index contributed by atoms with van der Waals surface area (Å²) in [6.07, 6.45) is 2.25. The molecule has 0 spiro atoms. The van der Waals surface area contributed by atoms with E-state index in [9.17, 15) is 0 Å². The summed E-state index contributed by atoms with van der Waals surface area (Å²) < 4.78 is 1.08. The number of hydrogen-bond acceptors (Lipinski definition) is 3. The van der Waals surface area contributed by atoms with E-state index in [0.717, 1.165) is 40.3 Å². The highest BCUT2D eigenvalue weighted by Gasteiger charge is 2.11. The number of benzene rings is 1. The number of anilines is 2. The van der Waals surface area contributed by atoms with Crippen molar-refractivity contribution in [3.05, 3.63) is 45.7 Å². The summed E-state index contributed by atoms with van der Waals surface area (Å²) in [5.41, 5.74) is 4.39. The van der Waals surface area contributed by atoms with Gasteiger partial charge in [0.15, 0.2) is 0 Å². The van der Waals surface area contributed by atoms with Crippen LogP contribution in [0.15, 0.2) is 28.7 Å². The van der Waals surface area contributed by atoms with Crippen LogP contribution in [0.3, 0.4) is 0 Å². The molecule has 1 aromatic heterocycles. The highest BCUT2D eigenvalue weighted by atomic mass is 79.9. The Morgan fingerprint density at radius 3 is 2.30 bits per heavy atom. The molecule has 2 rings (SSSR count). The van der Waals surface area contributed by atoms with Crippen molar-refractivity contribution in [1.29, 1.82) is 0 Å². The van der Waals surface area contributed by atoms with Crippen LogP contribution in [0.5, 0.6) is 0 Å². The van der Waals surface area contributed by atoms with Crippen molar-refractivity contribution in [1.82, 2.24) is 9.97 Å². The number of nitrogens with zero attached hydrogens (tertiary/aromatic N) is 3. The molecule has 3 nitrogen and oxygen atoms in total. The molecule has 0 saturated carbocycles. The Hall–Kier alpha value is -1.42. The first-order valence-corrected chi connectivity index (χ1v) is 7.65. The van der Waals surface area contributed by atoms with Crippen LogP contribution >= 0.6 is 15.9 Å². The second-order valence-electron chi connectivity index (χ2n) is 5.05. The molecule has 106 valence electrons. The van der Waals surface area contributed by atoms with Gasteiger partial charge in [-0.05, 0) is 60.0 Å². The minimum Gasteiger partial charge on any atom is -0.312 e. The van der Waals surface area contributed by atoms with Crippen molar-refractivity contribution in [3.63, 3.8) is 0 Å². The highest BCUT2D eigenvalue weighted by molar-refractivity contribution is 9.10. The summed E-state index contributed by atoms with van der Waals surface area (Å²) >= 11 is 3.65. The first-order valence-electron chi connectivity index (χ1n) is 6.85. The van der Waals surface area contributed by atoms with Crippen molar-refractivity contribution in [3.8, 4) is 0 Å². The van der Waals surface area contributed by atoms with E-state index in [2.05, 4.69) is 51.0 Å². The van der Waals surface area contributed by atoms with Gasteiger partial charge >= 0.3 is 0 Å². The fourth-order valence-electron chi connectivity index (χ4n) is 2.23. The van der Waals surface area contributed by atoms with E-state index in [1.54, 1.807) is 0 Å². The van der Waals surface area contributed by atoms with Crippen molar-refractivity contribution in [2.75, 3.05) is 11.9 Å². The van der Waals surface area contributed by atoms with Gasteiger partial charge in [0.05, 0.1) is 5.69 Å². The number of aryl methyl sites for hydroxylation is 3. The minimum atomic E-state index is 0.728. The number of halogens is 1. The highest BCUT2D eigenvalue weighted by Crippen LogP contribution is 2.30. The minimum absolute atomic E-state index is 0.728. The fraction of sp³-hybridized carbons (Fsp3) is 0.375. The molecule has 0 amide bonds. The molecule has 20 heavy (non-hydrogen) atoms. The van der Waals surface area contributed by atoms with Gasteiger partial charge in [0.1, 0.15) is 0 Å². The molecule has 0 aliphatic rings. The van der Waals surface area contributed by atoms with Gasteiger partial charge in [0, 0.05) is 22.9 Å². The van der Waals surface area contributed by atoms with Crippen LogP contribution in [-0.4, -0.2) is 17.0 Å². The molecule has 4 heteroatoms. The summed E-state index contributed by atoms with van der Waals surface area (Å²) in [5.74, 6) is 0.728. The maximum absolute atomic E-state index is 4.50. The number of rotatable bonds is 4. The molecule has 1 aromatic carbocycles. The maximum Gasteiger partial charge on any atom is 0.230 e. The van der Waals surface area contributed by atoms with Gasteiger partial charge in [-0.3, -0.25) is 0 Å². The molecule has 0 fully saturated rings. The van der Waals surface area contributed by atoms with Crippen LogP contribution in [0.2, 0.25) is 0 Å².